The Morgan fingerprint density at radius 1 is 1.50 bits per heavy atom. The van der Waals surface area contributed by atoms with E-state index in [4.69, 9.17) is 14.1 Å². The topological polar surface area (TPSA) is 89.5 Å². The van der Waals surface area contributed by atoms with Crippen molar-refractivity contribution in [2.75, 3.05) is 26.3 Å². The highest BCUT2D eigenvalue weighted by molar-refractivity contribution is 5.80. The highest BCUT2D eigenvalue weighted by Crippen LogP contribution is 2.11. The summed E-state index contributed by atoms with van der Waals surface area (Å²) in [6.45, 7) is 5.81. The van der Waals surface area contributed by atoms with E-state index in [1.165, 1.54) is 0 Å². The second-order valence-electron chi connectivity index (χ2n) is 6.28. The smallest absolute Gasteiger partial charge is 0.191 e. The van der Waals surface area contributed by atoms with Crippen LogP contribution < -0.4 is 10.6 Å². The number of aliphatic imine (C=N–C) groups is 1. The highest BCUT2D eigenvalue weighted by Gasteiger charge is 2.20. The van der Waals surface area contributed by atoms with Crippen LogP contribution in [0.2, 0.25) is 0 Å². The second kappa shape index (κ2) is 9.96. The predicted octanol–water partition coefficient (Wildman–Crippen LogP) is 1.39. The Morgan fingerprint density at radius 2 is 2.46 bits per heavy atom. The number of nitrogens with one attached hydrogen (secondary N) is 2. The van der Waals surface area contributed by atoms with Gasteiger partial charge in [0.05, 0.1) is 12.8 Å². The maximum Gasteiger partial charge on any atom is 0.191 e. The minimum Gasteiger partial charge on any atom is -0.469 e. The van der Waals surface area contributed by atoms with Crippen LogP contribution in [0, 0.1) is 0 Å². The molecule has 3 rings (SSSR count). The van der Waals surface area contributed by atoms with Gasteiger partial charge in [-0.05, 0) is 31.9 Å². The predicted molar refractivity (Wildman–Crippen MR) is 99.1 cm³/mol. The molecule has 8 nitrogen and oxygen atoms in total. The fourth-order valence-electron chi connectivity index (χ4n) is 2.96. The third-order valence-electron chi connectivity index (χ3n) is 4.31. The monoisotopic (exact) mass is 360 g/mol. The molecule has 0 amide bonds. The molecule has 1 aliphatic rings. The molecule has 0 saturated heterocycles. The molecule has 0 spiro atoms. The largest absolute Gasteiger partial charge is 0.469 e. The number of ether oxygens (including phenoxy) is 1. The summed E-state index contributed by atoms with van der Waals surface area (Å²) in [7, 11) is 0. The normalized spacial score (nSPS) is 17.1. The maximum atomic E-state index is 5.39. The second-order valence-corrected chi connectivity index (χ2v) is 6.28. The van der Waals surface area contributed by atoms with E-state index in [0.29, 0.717) is 6.04 Å². The first-order valence-electron chi connectivity index (χ1n) is 9.37. The number of aromatic nitrogens is 3. The van der Waals surface area contributed by atoms with E-state index in [0.717, 1.165) is 76.1 Å². The van der Waals surface area contributed by atoms with Crippen LogP contribution in [0.3, 0.4) is 0 Å². The molecule has 8 heteroatoms. The zero-order valence-electron chi connectivity index (χ0n) is 15.4. The first-order chi connectivity index (χ1) is 12.8. The van der Waals surface area contributed by atoms with Gasteiger partial charge >= 0.3 is 0 Å². The Labute approximate surface area is 154 Å². The van der Waals surface area contributed by atoms with E-state index < -0.39 is 0 Å². The van der Waals surface area contributed by atoms with E-state index in [9.17, 15) is 0 Å². The van der Waals surface area contributed by atoms with Crippen LogP contribution in [-0.2, 0) is 24.1 Å². The maximum absolute atomic E-state index is 5.39. The van der Waals surface area contributed by atoms with Crippen molar-refractivity contribution in [1.29, 1.82) is 0 Å². The van der Waals surface area contributed by atoms with E-state index in [1.54, 1.807) is 12.6 Å². The molecule has 0 saturated carbocycles. The number of aryl methyl sites for hydroxylation is 1. The number of rotatable bonds is 9. The summed E-state index contributed by atoms with van der Waals surface area (Å²) in [4.78, 5) is 8.97. The molecule has 2 aromatic rings. The number of guanidine groups is 1. The summed E-state index contributed by atoms with van der Waals surface area (Å²) in [5.74, 6) is 2.86. The molecule has 0 bridgehead atoms. The van der Waals surface area contributed by atoms with Gasteiger partial charge in [-0.3, -0.25) is 4.99 Å². The lowest BCUT2D eigenvalue weighted by molar-refractivity contribution is 0.146. The van der Waals surface area contributed by atoms with Crippen molar-refractivity contribution in [1.82, 2.24) is 25.4 Å². The van der Waals surface area contributed by atoms with Gasteiger partial charge in [-0.15, -0.1) is 0 Å². The van der Waals surface area contributed by atoms with Gasteiger partial charge in [0.2, 0.25) is 0 Å². The summed E-state index contributed by atoms with van der Waals surface area (Å²) >= 11 is 0. The number of hydrogen-bond donors (Lipinski definition) is 2. The Kier molecular flexibility index (Phi) is 7.06. The van der Waals surface area contributed by atoms with Crippen LogP contribution in [0.4, 0.5) is 0 Å². The zero-order valence-corrected chi connectivity index (χ0v) is 15.4. The number of hydrogen-bond acceptors (Lipinski definition) is 5. The van der Waals surface area contributed by atoms with Crippen LogP contribution in [0.15, 0.2) is 34.1 Å². The van der Waals surface area contributed by atoms with Crippen LogP contribution in [0.25, 0.3) is 0 Å². The fraction of sp³-hybridized carbons (Fsp3) is 0.611. The molecule has 0 aromatic carbocycles. The molecule has 0 radical (unpaired) electrons. The summed E-state index contributed by atoms with van der Waals surface area (Å²) in [6.07, 6.45) is 7.02. The average Bonchev–Trinajstić information content (AvgIpc) is 3.32. The van der Waals surface area contributed by atoms with Crippen LogP contribution >= 0.6 is 0 Å². The summed E-state index contributed by atoms with van der Waals surface area (Å²) in [6, 6.07) is 4.20. The Morgan fingerprint density at radius 3 is 3.31 bits per heavy atom. The lowest BCUT2D eigenvalue weighted by atomic mass is 10.1. The highest BCUT2D eigenvalue weighted by atomic mass is 16.5. The summed E-state index contributed by atoms with van der Waals surface area (Å²) in [5, 5.41) is 11.2. The van der Waals surface area contributed by atoms with Crippen LogP contribution in [0.5, 0.6) is 0 Å². The Hall–Kier alpha value is -2.35. The van der Waals surface area contributed by atoms with Gasteiger partial charge in [-0.2, -0.15) is 5.10 Å². The molecular weight excluding hydrogens is 332 g/mol. The SMILES string of the molecule is CCOCCCN=C(NCCc1ccco1)NC1CCc2ncnn2C1. The van der Waals surface area contributed by atoms with E-state index in [1.807, 2.05) is 23.7 Å². The Balaban J connectivity index is 1.50. The van der Waals surface area contributed by atoms with Gasteiger partial charge in [0, 0.05) is 45.2 Å². The van der Waals surface area contributed by atoms with Gasteiger partial charge in [-0.25, -0.2) is 9.67 Å². The van der Waals surface area contributed by atoms with E-state index >= 15 is 0 Å². The third kappa shape index (κ3) is 5.59. The molecule has 2 N–H and O–H groups in total. The summed E-state index contributed by atoms with van der Waals surface area (Å²) in [5.41, 5.74) is 0. The van der Waals surface area contributed by atoms with Crippen molar-refractivity contribution in [3.8, 4) is 0 Å². The molecule has 1 unspecified atom stereocenters. The van der Waals surface area contributed by atoms with Gasteiger partial charge in [-0.1, -0.05) is 0 Å². The van der Waals surface area contributed by atoms with Crippen molar-refractivity contribution >= 4 is 5.96 Å². The van der Waals surface area contributed by atoms with Crippen molar-refractivity contribution in [3.05, 3.63) is 36.3 Å². The molecule has 26 heavy (non-hydrogen) atoms. The van der Waals surface area contributed by atoms with Crippen molar-refractivity contribution in [3.63, 3.8) is 0 Å². The van der Waals surface area contributed by atoms with Gasteiger partial charge in [0.15, 0.2) is 5.96 Å². The average molecular weight is 360 g/mol. The first kappa shape index (κ1) is 18.4. The minimum atomic E-state index is 0.297. The molecule has 0 fully saturated rings. The molecule has 0 aliphatic carbocycles. The minimum absolute atomic E-state index is 0.297. The number of furan rings is 1. The first-order valence-corrected chi connectivity index (χ1v) is 9.37. The van der Waals surface area contributed by atoms with Crippen LogP contribution in [-0.4, -0.2) is 53.1 Å². The summed E-state index contributed by atoms with van der Waals surface area (Å²) < 4.78 is 12.7. The number of fused-ring (bicyclic) bond motifs is 1. The molecular formula is C18H28N6O2. The zero-order chi connectivity index (χ0) is 18.0. The van der Waals surface area contributed by atoms with Gasteiger partial charge in [0.1, 0.15) is 17.9 Å². The van der Waals surface area contributed by atoms with Gasteiger partial charge < -0.3 is 19.8 Å². The Bertz CT molecular complexity index is 667. The lowest BCUT2D eigenvalue weighted by Gasteiger charge is -2.25. The van der Waals surface area contributed by atoms with E-state index in [2.05, 4.69) is 20.7 Å². The molecule has 2 aromatic heterocycles. The molecule has 3 heterocycles. The number of nitrogens with zero attached hydrogens (tertiary/aromatic N) is 4. The van der Waals surface area contributed by atoms with E-state index in [-0.39, 0.29) is 0 Å². The van der Waals surface area contributed by atoms with Crippen molar-refractivity contribution < 1.29 is 9.15 Å². The van der Waals surface area contributed by atoms with Crippen molar-refractivity contribution in [2.45, 2.75) is 45.2 Å². The quantitative estimate of drug-likeness (QED) is 0.399. The molecule has 1 atom stereocenters. The third-order valence-corrected chi connectivity index (χ3v) is 4.31. The lowest BCUT2D eigenvalue weighted by Crippen LogP contribution is -2.47. The van der Waals surface area contributed by atoms with Crippen LogP contribution in [0.1, 0.15) is 31.4 Å². The molecule has 142 valence electrons. The van der Waals surface area contributed by atoms with Crippen molar-refractivity contribution in [2.24, 2.45) is 4.99 Å². The molecule has 1 aliphatic heterocycles. The van der Waals surface area contributed by atoms with Gasteiger partial charge in [0.25, 0.3) is 0 Å². The fourth-order valence-corrected chi connectivity index (χ4v) is 2.96. The standard InChI is InChI=1S/C18H28N6O2/c1-2-25-11-4-9-19-18(20-10-8-16-5-3-12-26-16)23-15-6-7-17-21-14-22-24(17)13-15/h3,5,12,14-15H,2,4,6-11,13H2,1H3,(H2,19,20,23).